The van der Waals surface area contributed by atoms with Crippen LogP contribution in [0, 0.1) is 6.92 Å². The average Bonchev–Trinajstić information content (AvgIpc) is 2.93. The van der Waals surface area contributed by atoms with E-state index in [2.05, 4.69) is 5.32 Å². The summed E-state index contributed by atoms with van der Waals surface area (Å²) in [6.07, 6.45) is 0.580. The molecule has 1 aliphatic rings. The molecule has 2 aromatic rings. The van der Waals surface area contributed by atoms with Gasteiger partial charge in [0.05, 0.1) is 18.4 Å². The third-order valence-corrected chi connectivity index (χ3v) is 4.58. The van der Waals surface area contributed by atoms with E-state index in [-0.39, 0.29) is 17.5 Å². The molecule has 0 aliphatic carbocycles. The van der Waals surface area contributed by atoms with Gasteiger partial charge in [0.25, 0.3) is 11.8 Å². The molecule has 146 valence electrons. The Balaban J connectivity index is 2.02. The van der Waals surface area contributed by atoms with E-state index in [1.807, 2.05) is 55.5 Å². The zero-order chi connectivity index (χ0) is 20.1. The number of nitrogens with zero attached hydrogens (tertiary/aromatic N) is 1. The number of methoxy groups -OCH3 is 2. The standard InChI is InChI=1S/C22H24N2O4/c1-15-10-11-18(28-3)17(14-15)23-20-19(16-8-5-4-6-9-16)21(25)24(22(20)26)12-7-13-27-2/h4-6,8-11,14,23H,7,12-13H2,1-3H3. The second-order valence-corrected chi connectivity index (χ2v) is 6.55. The summed E-state index contributed by atoms with van der Waals surface area (Å²) in [6.45, 7) is 2.74. The second kappa shape index (κ2) is 8.71. The zero-order valence-corrected chi connectivity index (χ0v) is 16.3. The molecule has 1 heterocycles. The Morgan fingerprint density at radius 1 is 1.00 bits per heavy atom. The maximum atomic E-state index is 13.1. The molecule has 2 aromatic carbocycles. The number of amides is 2. The molecule has 0 radical (unpaired) electrons. The summed E-state index contributed by atoms with van der Waals surface area (Å²) < 4.78 is 10.5. The van der Waals surface area contributed by atoms with E-state index in [1.54, 1.807) is 14.2 Å². The van der Waals surface area contributed by atoms with Crippen LogP contribution >= 0.6 is 0 Å². The van der Waals surface area contributed by atoms with Gasteiger partial charge in [-0.3, -0.25) is 14.5 Å². The van der Waals surface area contributed by atoms with Crippen LogP contribution in [-0.4, -0.2) is 44.1 Å². The molecule has 2 amide bonds. The Morgan fingerprint density at radius 3 is 2.43 bits per heavy atom. The summed E-state index contributed by atoms with van der Waals surface area (Å²) >= 11 is 0. The van der Waals surface area contributed by atoms with Gasteiger partial charge in [0.1, 0.15) is 11.4 Å². The topological polar surface area (TPSA) is 67.9 Å². The fourth-order valence-electron chi connectivity index (χ4n) is 3.19. The number of benzene rings is 2. The molecule has 0 spiro atoms. The zero-order valence-electron chi connectivity index (χ0n) is 16.3. The van der Waals surface area contributed by atoms with Crippen LogP contribution in [0.5, 0.6) is 5.75 Å². The number of hydrogen-bond acceptors (Lipinski definition) is 5. The minimum Gasteiger partial charge on any atom is -0.495 e. The normalized spacial score (nSPS) is 14.0. The number of anilines is 1. The highest BCUT2D eigenvalue weighted by atomic mass is 16.5. The van der Waals surface area contributed by atoms with Crippen LogP contribution in [-0.2, 0) is 14.3 Å². The summed E-state index contributed by atoms with van der Waals surface area (Å²) in [6, 6.07) is 14.9. The van der Waals surface area contributed by atoms with E-state index in [4.69, 9.17) is 9.47 Å². The van der Waals surface area contributed by atoms with Gasteiger partial charge in [-0.15, -0.1) is 0 Å². The molecule has 28 heavy (non-hydrogen) atoms. The fourth-order valence-corrected chi connectivity index (χ4v) is 3.19. The minimum atomic E-state index is -0.344. The van der Waals surface area contributed by atoms with Crippen molar-refractivity contribution in [2.75, 3.05) is 32.7 Å². The monoisotopic (exact) mass is 380 g/mol. The third-order valence-electron chi connectivity index (χ3n) is 4.58. The Labute approximate surface area is 164 Å². The minimum absolute atomic E-state index is 0.262. The Hall–Kier alpha value is -3.12. The molecule has 3 rings (SSSR count). The van der Waals surface area contributed by atoms with Crippen LogP contribution in [0.1, 0.15) is 17.5 Å². The lowest BCUT2D eigenvalue weighted by Gasteiger charge is -2.15. The lowest BCUT2D eigenvalue weighted by molar-refractivity contribution is -0.136. The lowest BCUT2D eigenvalue weighted by atomic mass is 10.0. The quantitative estimate of drug-likeness (QED) is 0.563. The number of nitrogens with one attached hydrogen (secondary N) is 1. The molecule has 0 saturated carbocycles. The van der Waals surface area contributed by atoms with E-state index >= 15 is 0 Å². The van der Waals surface area contributed by atoms with Crippen molar-refractivity contribution in [3.63, 3.8) is 0 Å². The number of carbonyl (C=O) groups is 2. The molecule has 0 atom stereocenters. The summed E-state index contributed by atoms with van der Waals surface area (Å²) in [5.41, 5.74) is 2.98. The molecule has 0 fully saturated rings. The maximum absolute atomic E-state index is 13.1. The first kappa shape index (κ1) is 19.6. The van der Waals surface area contributed by atoms with Crippen molar-refractivity contribution < 1.29 is 19.1 Å². The smallest absolute Gasteiger partial charge is 0.278 e. The van der Waals surface area contributed by atoms with Gasteiger partial charge in [0.2, 0.25) is 0 Å². The molecule has 1 aliphatic heterocycles. The number of ether oxygens (including phenoxy) is 2. The Kier molecular flexibility index (Phi) is 6.11. The first-order valence-corrected chi connectivity index (χ1v) is 9.13. The Morgan fingerprint density at radius 2 is 1.75 bits per heavy atom. The predicted octanol–water partition coefficient (Wildman–Crippen LogP) is 3.23. The van der Waals surface area contributed by atoms with Crippen LogP contribution < -0.4 is 10.1 Å². The maximum Gasteiger partial charge on any atom is 0.278 e. The van der Waals surface area contributed by atoms with Crippen LogP contribution in [0.25, 0.3) is 5.57 Å². The van der Waals surface area contributed by atoms with E-state index < -0.39 is 0 Å². The van der Waals surface area contributed by atoms with E-state index in [0.717, 1.165) is 5.56 Å². The first-order valence-electron chi connectivity index (χ1n) is 9.13. The summed E-state index contributed by atoms with van der Waals surface area (Å²) in [7, 11) is 3.17. The molecule has 6 nitrogen and oxygen atoms in total. The van der Waals surface area contributed by atoms with Crippen molar-refractivity contribution in [1.29, 1.82) is 0 Å². The van der Waals surface area contributed by atoms with Gasteiger partial charge in [0, 0.05) is 20.3 Å². The second-order valence-electron chi connectivity index (χ2n) is 6.55. The van der Waals surface area contributed by atoms with Gasteiger partial charge >= 0.3 is 0 Å². The fraction of sp³-hybridized carbons (Fsp3) is 0.273. The summed E-state index contributed by atoms with van der Waals surface area (Å²) in [5, 5.41) is 3.16. The van der Waals surface area contributed by atoms with Gasteiger partial charge in [-0.2, -0.15) is 0 Å². The van der Waals surface area contributed by atoms with Crippen LogP contribution in [0.4, 0.5) is 5.69 Å². The SMILES string of the molecule is COCCCN1C(=O)C(Nc2cc(C)ccc2OC)=C(c2ccccc2)C1=O. The van der Waals surface area contributed by atoms with Gasteiger partial charge < -0.3 is 14.8 Å². The van der Waals surface area contributed by atoms with E-state index in [1.165, 1.54) is 4.90 Å². The predicted molar refractivity (Wildman–Crippen MR) is 108 cm³/mol. The van der Waals surface area contributed by atoms with Gasteiger partial charge in [-0.1, -0.05) is 36.4 Å². The number of carbonyl (C=O) groups excluding carboxylic acids is 2. The number of rotatable bonds is 8. The van der Waals surface area contributed by atoms with Crippen molar-refractivity contribution in [1.82, 2.24) is 4.90 Å². The molecular weight excluding hydrogens is 356 g/mol. The molecule has 1 N–H and O–H groups in total. The van der Waals surface area contributed by atoms with Gasteiger partial charge in [0.15, 0.2) is 0 Å². The highest BCUT2D eigenvalue weighted by molar-refractivity contribution is 6.36. The van der Waals surface area contributed by atoms with Crippen molar-refractivity contribution in [2.24, 2.45) is 0 Å². The molecule has 0 saturated heterocycles. The van der Waals surface area contributed by atoms with E-state index in [0.29, 0.717) is 42.1 Å². The first-order chi connectivity index (χ1) is 13.6. The highest BCUT2D eigenvalue weighted by Crippen LogP contribution is 2.33. The summed E-state index contributed by atoms with van der Waals surface area (Å²) in [4.78, 5) is 27.4. The molecule has 0 aromatic heterocycles. The third kappa shape index (κ3) is 3.92. The van der Waals surface area contributed by atoms with Gasteiger partial charge in [-0.05, 0) is 36.6 Å². The van der Waals surface area contributed by atoms with Crippen molar-refractivity contribution in [3.8, 4) is 5.75 Å². The molecule has 0 unspecified atom stereocenters. The Bertz CT molecular complexity index is 906. The number of hydrogen-bond donors (Lipinski definition) is 1. The molecule has 0 bridgehead atoms. The number of aryl methyl sites for hydroxylation is 1. The van der Waals surface area contributed by atoms with Gasteiger partial charge in [-0.25, -0.2) is 0 Å². The lowest BCUT2D eigenvalue weighted by Crippen LogP contribution is -2.33. The van der Waals surface area contributed by atoms with Crippen LogP contribution in [0.15, 0.2) is 54.2 Å². The van der Waals surface area contributed by atoms with Crippen molar-refractivity contribution >= 4 is 23.1 Å². The van der Waals surface area contributed by atoms with Crippen molar-refractivity contribution in [3.05, 3.63) is 65.4 Å². The van der Waals surface area contributed by atoms with E-state index in [9.17, 15) is 9.59 Å². The largest absolute Gasteiger partial charge is 0.495 e. The molecule has 6 heteroatoms. The average molecular weight is 380 g/mol. The van der Waals surface area contributed by atoms with Crippen LogP contribution in [0.3, 0.4) is 0 Å². The van der Waals surface area contributed by atoms with Crippen LogP contribution in [0.2, 0.25) is 0 Å². The summed E-state index contributed by atoms with van der Waals surface area (Å²) in [5.74, 6) is -0.0477. The van der Waals surface area contributed by atoms with Crippen molar-refractivity contribution in [2.45, 2.75) is 13.3 Å². The molecular formula is C22H24N2O4. The number of imide groups is 1. The highest BCUT2D eigenvalue weighted by Gasteiger charge is 2.39.